The van der Waals surface area contributed by atoms with Gasteiger partial charge in [-0.15, -0.1) is 0 Å². The smallest absolute Gasteiger partial charge is 0.159 e. The van der Waals surface area contributed by atoms with E-state index in [0.717, 1.165) is 62.3 Å². The zero-order valence-electron chi connectivity index (χ0n) is 19.8. The second-order valence-electron chi connectivity index (χ2n) is 9.30. The second kappa shape index (κ2) is 7.73. The van der Waals surface area contributed by atoms with Crippen LogP contribution in [0.1, 0.15) is 11.3 Å². The molecule has 3 aromatic heterocycles. The van der Waals surface area contributed by atoms with Crippen molar-refractivity contribution in [3.8, 4) is 0 Å². The number of furan rings is 2. The summed E-state index contributed by atoms with van der Waals surface area (Å²) in [5.74, 6) is 0.912. The summed E-state index contributed by atoms with van der Waals surface area (Å²) in [6.45, 7) is 0.739. The van der Waals surface area contributed by atoms with Crippen LogP contribution in [0.3, 0.4) is 0 Å². The van der Waals surface area contributed by atoms with Gasteiger partial charge in [0.2, 0.25) is 0 Å². The van der Waals surface area contributed by atoms with Crippen LogP contribution < -0.4 is 10.2 Å². The molecule has 0 aliphatic carbocycles. The number of aromatic nitrogens is 1. The van der Waals surface area contributed by atoms with Gasteiger partial charge in [0.15, 0.2) is 11.2 Å². The van der Waals surface area contributed by atoms with Crippen molar-refractivity contribution >= 4 is 66.8 Å². The second-order valence-corrected chi connectivity index (χ2v) is 9.30. The van der Waals surface area contributed by atoms with Gasteiger partial charge in [0, 0.05) is 51.7 Å². The summed E-state index contributed by atoms with van der Waals surface area (Å²) in [7, 11) is 0. The number of pyridine rings is 1. The number of benzene rings is 4. The Morgan fingerprint density at radius 2 is 1.59 bits per heavy atom. The summed E-state index contributed by atoms with van der Waals surface area (Å²) in [5.41, 5.74) is 6.75. The van der Waals surface area contributed by atoms with Crippen molar-refractivity contribution < 1.29 is 8.83 Å². The van der Waals surface area contributed by atoms with Gasteiger partial charge in [0.1, 0.15) is 11.3 Å². The maximum Gasteiger partial charge on any atom is 0.159 e. The van der Waals surface area contributed by atoms with Crippen LogP contribution in [0, 0.1) is 0 Å². The molecule has 0 atom stereocenters. The van der Waals surface area contributed by atoms with Gasteiger partial charge < -0.3 is 19.1 Å². The third-order valence-corrected chi connectivity index (χ3v) is 7.22. The van der Waals surface area contributed by atoms with E-state index in [2.05, 4.69) is 94.1 Å². The molecule has 0 amide bonds. The van der Waals surface area contributed by atoms with E-state index in [-0.39, 0.29) is 0 Å². The average molecular weight is 480 g/mol. The number of para-hydroxylation sites is 1. The molecule has 0 bridgehead atoms. The van der Waals surface area contributed by atoms with Gasteiger partial charge in [-0.05, 0) is 47.9 Å². The topological polar surface area (TPSA) is 54.4 Å². The molecule has 5 nitrogen and oxygen atoms in total. The van der Waals surface area contributed by atoms with Crippen LogP contribution >= 0.6 is 0 Å². The number of rotatable bonds is 3. The lowest BCUT2D eigenvalue weighted by Gasteiger charge is -2.27. The lowest BCUT2D eigenvalue weighted by atomic mass is 10.0. The Kier molecular flexibility index (Phi) is 4.22. The molecule has 0 fully saturated rings. The van der Waals surface area contributed by atoms with E-state index in [1.54, 1.807) is 6.20 Å². The Bertz CT molecular complexity index is 2010. The molecular weight excluding hydrogens is 458 g/mol. The summed E-state index contributed by atoms with van der Waals surface area (Å²) >= 11 is 0. The number of anilines is 3. The predicted octanol–water partition coefficient (Wildman–Crippen LogP) is 8.42. The normalized spacial score (nSPS) is 12.9. The molecule has 0 spiro atoms. The van der Waals surface area contributed by atoms with Crippen LogP contribution in [0.2, 0.25) is 0 Å². The van der Waals surface area contributed by atoms with Crippen LogP contribution in [0.4, 0.5) is 17.1 Å². The third-order valence-electron chi connectivity index (χ3n) is 7.22. The maximum atomic E-state index is 6.44. The van der Waals surface area contributed by atoms with Crippen LogP contribution in [0.15, 0.2) is 112 Å². The van der Waals surface area contributed by atoms with E-state index >= 15 is 0 Å². The van der Waals surface area contributed by atoms with Crippen molar-refractivity contribution in [3.05, 3.63) is 115 Å². The summed E-state index contributed by atoms with van der Waals surface area (Å²) in [6, 6.07) is 29.7. The Labute approximate surface area is 212 Å². The largest absolute Gasteiger partial charge is 0.456 e. The molecule has 8 rings (SSSR count). The standard InChI is InChI=1S/C32H21N3O2/c1-2-7-22-20(5-1)6-3-9-27(22)35(21-11-12-29-25(17-21)26-18-33-16-14-30(26)36-29)28-10-4-8-24-23-13-15-34-19-31(23)37-32(24)28/h1-17,19,33H,18H2. The van der Waals surface area contributed by atoms with Gasteiger partial charge in [0.25, 0.3) is 0 Å². The first-order valence-corrected chi connectivity index (χ1v) is 12.3. The van der Waals surface area contributed by atoms with E-state index in [4.69, 9.17) is 8.83 Å². The molecule has 0 unspecified atom stereocenters. The number of fused-ring (bicyclic) bond motifs is 7. The molecule has 0 saturated carbocycles. The summed E-state index contributed by atoms with van der Waals surface area (Å²) in [4.78, 5) is 6.58. The highest BCUT2D eigenvalue weighted by molar-refractivity contribution is 6.11. The first-order chi connectivity index (χ1) is 18.3. The van der Waals surface area contributed by atoms with Gasteiger partial charge in [-0.2, -0.15) is 0 Å². The van der Waals surface area contributed by atoms with Crippen molar-refractivity contribution in [2.45, 2.75) is 6.54 Å². The van der Waals surface area contributed by atoms with Crippen LogP contribution in [0.25, 0.3) is 49.8 Å². The Morgan fingerprint density at radius 1 is 0.730 bits per heavy atom. The van der Waals surface area contributed by atoms with Crippen molar-refractivity contribution in [1.29, 1.82) is 0 Å². The van der Waals surface area contributed by atoms with E-state index in [1.165, 1.54) is 16.3 Å². The van der Waals surface area contributed by atoms with E-state index in [0.29, 0.717) is 0 Å². The highest BCUT2D eigenvalue weighted by atomic mass is 16.3. The Hall–Kier alpha value is -5.03. The molecule has 176 valence electrons. The molecule has 0 saturated heterocycles. The summed E-state index contributed by atoms with van der Waals surface area (Å²) in [5, 5.41) is 8.90. The number of nitrogens with zero attached hydrogens (tertiary/aromatic N) is 2. The van der Waals surface area contributed by atoms with Crippen LogP contribution in [-0.4, -0.2) is 4.98 Å². The fourth-order valence-corrected chi connectivity index (χ4v) is 5.53. The molecule has 7 aromatic rings. The molecule has 4 aromatic carbocycles. The lowest BCUT2D eigenvalue weighted by Crippen LogP contribution is -2.11. The Balaban J connectivity index is 1.45. The zero-order valence-corrected chi connectivity index (χ0v) is 19.8. The van der Waals surface area contributed by atoms with Gasteiger partial charge in [-0.3, -0.25) is 4.98 Å². The Morgan fingerprint density at radius 3 is 2.59 bits per heavy atom. The number of nitrogens with one attached hydrogen (secondary N) is 1. The molecule has 5 heteroatoms. The molecule has 1 aliphatic rings. The van der Waals surface area contributed by atoms with Gasteiger partial charge in [0.05, 0.1) is 17.6 Å². The molecule has 1 aliphatic heterocycles. The van der Waals surface area contributed by atoms with Crippen molar-refractivity contribution in [2.24, 2.45) is 0 Å². The number of hydrogen-bond donors (Lipinski definition) is 1. The molecule has 0 radical (unpaired) electrons. The van der Waals surface area contributed by atoms with Crippen molar-refractivity contribution in [1.82, 2.24) is 10.3 Å². The molecule has 1 N–H and O–H groups in total. The minimum absolute atomic E-state index is 0.739. The predicted molar refractivity (Wildman–Crippen MR) is 149 cm³/mol. The van der Waals surface area contributed by atoms with Crippen LogP contribution in [-0.2, 0) is 6.54 Å². The fraction of sp³-hybridized carbons (Fsp3) is 0.0312. The fourth-order valence-electron chi connectivity index (χ4n) is 5.53. The third kappa shape index (κ3) is 3.01. The van der Waals surface area contributed by atoms with E-state index in [9.17, 15) is 0 Å². The highest BCUT2D eigenvalue weighted by Crippen LogP contribution is 2.45. The molecule has 37 heavy (non-hydrogen) atoms. The van der Waals surface area contributed by atoms with Crippen molar-refractivity contribution in [2.75, 3.05) is 4.90 Å². The minimum atomic E-state index is 0.739. The van der Waals surface area contributed by atoms with Gasteiger partial charge in [-0.25, -0.2) is 0 Å². The first kappa shape index (κ1) is 20.2. The van der Waals surface area contributed by atoms with Gasteiger partial charge >= 0.3 is 0 Å². The SMILES string of the molecule is C1=Cc2oc3ccc(N(c4cccc5ccccc45)c4cccc5c4oc4cnccc45)cc3c2CN1. The lowest BCUT2D eigenvalue weighted by molar-refractivity contribution is 0.592. The van der Waals surface area contributed by atoms with Crippen LogP contribution in [0.5, 0.6) is 0 Å². The molecular formula is C32H21N3O2. The summed E-state index contributed by atoms with van der Waals surface area (Å²) in [6.07, 6.45) is 7.52. The monoisotopic (exact) mass is 479 g/mol. The van der Waals surface area contributed by atoms with Gasteiger partial charge in [-0.1, -0.05) is 48.5 Å². The van der Waals surface area contributed by atoms with E-state index < -0.39 is 0 Å². The zero-order chi connectivity index (χ0) is 24.3. The quantitative estimate of drug-likeness (QED) is 0.276. The first-order valence-electron chi connectivity index (χ1n) is 12.3. The number of hydrogen-bond acceptors (Lipinski definition) is 5. The maximum absolute atomic E-state index is 6.44. The average Bonchev–Trinajstić information content (AvgIpc) is 3.52. The summed E-state index contributed by atoms with van der Waals surface area (Å²) < 4.78 is 12.6. The highest BCUT2D eigenvalue weighted by Gasteiger charge is 2.22. The minimum Gasteiger partial charge on any atom is -0.456 e. The molecule has 4 heterocycles. The van der Waals surface area contributed by atoms with Crippen molar-refractivity contribution in [3.63, 3.8) is 0 Å². The van der Waals surface area contributed by atoms with E-state index in [1.807, 2.05) is 24.5 Å².